The quantitative estimate of drug-likeness (QED) is 0.707. The van der Waals surface area contributed by atoms with Crippen molar-refractivity contribution < 1.29 is 9.32 Å². The van der Waals surface area contributed by atoms with Crippen LogP contribution in [0.4, 0.5) is 0 Å². The van der Waals surface area contributed by atoms with Crippen LogP contribution in [0, 0.1) is 0 Å². The van der Waals surface area contributed by atoms with Gasteiger partial charge in [0.15, 0.2) is 0 Å². The Morgan fingerprint density at radius 1 is 0.935 bits per heavy atom. The normalized spacial score (nSPS) is 19.0. The highest BCUT2D eigenvalue weighted by Gasteiger charge is 2.23. The number of piperazine rings is 1. The summed E-state index contributed by atoms with van der Waals surface area (Å²) in [5.74, 6) is 2.09. The third-order valence-electron chi connectivity index (χ3n) is 6.45. The molecule has 7 heteroatoms. The average molecular weight is 426 g/mol. The fourth-order valence-corrected chi connectivity index (χ4v) is 4.36. The Bertz CT molecular complexity index is 832. The standard InChI is InChI=1S/C24H35N5O2/c1-19(2)20-7-9-21(10-8-20)24-25-22(31-26-24)17-27-13-15-28(16-14-27)18-23(30)29-11-5-3-4-6-12-29/h7-10,19H,3-6,11-18H2,1-2H3. The molecule has 1 aromatic heterocycles. The van der Waals surface area contributed by atoms with Gasteiger partial charge in [-0.05, 0) is 24.3 Å². The van der Waals surface area contributed by atoms with Crippen LogP contribution in [0.3, 0.4) is 0 Å². The fraction of sp³-hybridized carbons (Fsp3) is 0.625. The number of hydrogen-bond donors (Lipinski definition) is 0. The molecule has 2 fully saturated rings. The van der Waals surface area contributed by atoms with E-state index >= 15 is 0 Å². The van der Waals surface area contributed by atoms with Crippen LogP contribution in [0.1, 0.15) is 56.9 Å². The molecule has 1 aromatic carbocycles. The summed E-state index contributed by atoms with van der Waals surface area (Å²) in [5, 5.41) is 4.17. The van der Waals surface area contributed by atoms with Gasteiger partial charge in [-0.15, -0.1) is 0 Å². The van der Waals surface area contributed by atoms with Crippen LogP contribution in [0.5, 0.6) is 0 Å². The van der Waals surface area contributed by atoms with Crippen molar-refractivity contribution in [2.75, 3.05) is 45.8 Å². The smallest absolute Gasteiger partial charge is 0.241 e. The monoisotopic (exact) mass is 425 g/mol. The number of amides is 1. The van der Waals surface area contributed by atoms with E-state index in [2.05, 4.69) is 63.0 Å². The topological polar surface area (TPSA) is 65.7 Å². The number of likely N-dealkylation sites (tertiary alicyclic amines) is 1. The Kier molecular flexibility index (Phi) is 7.35. The first-order chi connectivity index (χ1) is 15.1. The second-order valence-corrected chi connectivity index (χ2v) is 9.14. The van der Waals surface area contributed by atoms with Gasteiger partial charge in [0.25, 0.3) is 0 Å². The maximum atomic E-state index is 12.6. The van der Waals surface area contributed by atoms with Gasteiger partial charge in [0.2, 0.25) is 17.6 Å². The van der Waals surface area contributed by atoms with E-state index in [1.807, 2.05) is 0 Å². The SMILES string of the molecule is CC(C)c1ccc(-c2noc(CN3CCN(CC(=O)N4CCCCCC4)CC3)n2)cc1. The molecule has 3 heterocycles. The highest BCUT2D eigenvalue weighted by Crippen LogP contribution is 2.21. The van der Waals surface area contributed by atoms with Gasteiger partial charge < -0.3 is 9.42 Å². The first kappa shape index (κ1) is 22.0. The molecule has 0 saturated carbocycles. The summed E-state index contributed by atoms with van der Waals surface area (Å²) >= 11 is 0. The first-order valence-electron chi connectivity index (χ1n) is 11.7. The molecule has 2 aromatic rings. The van der Waals surface area contributed by atoms with Gasteiger partial charge in [-0.2, -0.15) is 4.98 Å². The van der Waals surface area contributed by atoms with Crippen LogP contribution in [0.2, 0.25) is 0 Å². The predicted octanol–water partition coefficient (Wildman–Crippen LogP) is 3.38. The number of carbonyl (C=O) groups is 1. The molecule has 0 atom stereocenters. The number of nitrogens with zero attached hydrogens (tertiary/aromatic N) is 5. The van der Waals surface area contributed by atoms with E-state index in [1.54, 1.807) is 0 Å². The van der Waals surface area contributed by atoms with Gasteiger partial charge in [0.1, 0.15) is 0 Å². The van der Waals surface area contributed by atoms with E-state index < -0.39 is 0 Å². The molecule has 0 radical (unpaired) electrons. The van der Waals surface area contributed by atoms with E-state index in [9.17, 15) is 4.79 Å². The lowest BCUT2D eigenvalue weighted by atomic mass is 10.0. The Morgan fingerprint density at radius 2 is 1.58 bits per heavy atom. The Balaban J connectivity index is 1.24. The van der Waals surface area contributed by atoms with Gasteiger partial charge in [-0.3, -0.25) is 14.6 Å². The van der Waals surface area contributed by atoms with Gasteiger partial charge in [0, 0.05) is 44.8 Å². The Hall–Kier alpha value is -2.25. The van der Waals surface area contributed by atoms with Crippen LogP contribution in [0.25, 0.3) is 11.4 Å². The third kappa shape index (κ3) is 5.92. The van der Waals surface area contributed by atoms with E-state index in [0.717, 1.165) is 57.7 Å². The van der Waals surface area contributed by atoms with Crippen LogP contribution < -0.4 is 0 Å². The minimum atomic E-state index is 0.292. The van der Waals surface area contributed by atoms with Gasteiger partial charge in [0.05, 0.1) is 13.1 Å². The largest absolute Gasteiger partial charge is 0.342 e. The Morgan fingerprint density at radius 3 is 2.23 bits per heavy atom. The summed E-state index contributed by atoms with van der Waals surface area (Å²) in [6.07, 6.45) is 4.80. The van der Waals surface area contributed by atoms with Crippen molar-refractivity contribution in [3.05, 3.63) is 35.7 Å². The molecule has 2 aliphatic heterocycles. The number of rotatable bonds is 6. The minimum Gasteiger partial charge on any atom is -0.342 e. The molecule has 2 aliphatic rings. The molecular formula is C24H35N5O2. The second-order valence-electron chi connectivity index (χ2n) is 9.14. The van der Waals surface area contributed by atoms with Crippen molar-refractivity contribution in [2.45, 2.75) is 52.0 Å². The van der Waals surface area contributed by atoms with E-state index in [1.165, 1.54) is 18.4 Å². The molecular weight excluding hydrogens is 390 g/mol. The van der Waals surface area contributed by atoms with Crippen LogP contribution in [0.15, 0.2) is 28.8 Å². The van der Waals surface area contributed by atoms with E-state index in [-0.39, 0.29) is 0 Å². The van der Waals surface area contributed by atoms with Crippen molar-refractivity contribution in [2.24, 2.45) is 0 Å². The van der Waals surface area contributed by atoms with Crippen LogP contribution in [-0.4, -0.2) is 76.6 Å². The van der Waals surface area contributed by atoms with Gasteiger partial charge >= 0.3 is 0 Å². The molecule has 1 amide bonds. The summed E-state index contributed by atoms with van der Waals surface area (Å²) in [5.41, 5.74) is 2.29. The lowest BCUT2D eigenvalue weighted by Gasteiger charge is -2.34. The highest BCUT2D eigenvalue weighted by atomic mass is 16.5. The van der Waals surface area contributed by atoms with Crippen molar-refractivity contribution in [1.29, 1.82) is 0 Å². The van der Waals surface area contributed by atoms with Crippen molar-refractivity contribution in [3.63, 3.8) is 0 Å². The molecule has 0 aliphatic carbocycles. The average Bonchev–Trinajstić information content (AvgIpc) is 3.06. The molecule has 0 N–H and O–H groups in total. The molecule has 4 rings (SSSR count). The number of benzene rings is 1. The highest BCUT2D eigenvalue weighted by molar-refractivity contribution is 5.78. The summed E-state index contributed by atoms with van der Waals surface area (Å²) in [6, 6.07) is 8.37. The molecule has 2 saturated heterocycles. The predicted molar refractivity (Wildman–Crippen MR) is 121 cm³/mol. The summed E-state index contributed by atoms with van der Waals surface area (Å²) in [7, 11) is 0. The lowest BCUT2D eigenvalue weighted by Crippen LogP contribution is -2.49. The molecule has 7 nitrogen and oxygen atoms in total. The molecule has 0 unspecified atom stereocenters. The zero-order valence-electron chi connectivity index (χ0n) is 18.9. The number of aromatic nitrogens is 2. The maximum absolute atomic E-state index is 12.6. The van der Waals surface area contributed by atoms with Crippen LogP contribution in [-0.2, 0) is 11.3 Å². The van der Waals surface area contributed by atoms with Crippen molar-refractivity contribution in [3.8, 4) is 11.4 Å². The first-order valence-corrected chi connectivity index (χ1v) is 11.7. The molecule has 0 spiro atoms. The van der Waals surface area contributed by atoms with Crippen LogP contribution >= 0.6 is 0 Å². The molecule has 0 bridgehead atoms. The third-order valence-corrected chi connectivity index (χ3v) is 6.45. The molecule has 31 heavy (non-hydrogen) atoms. The summed E-state index contributed by atoms with van der Waals surface area (Å²) in [4.78, 5) is 23.9. The van der Waals surface area contributed by atoms with E-state index in [4.69, 9.17) is 4.52 Å². The van der Waals surface area contributed by atoms with E-state index in [0.29, 0.717) is 36.6 Å². The molecule has 168 valence electrons. The van der Waals surface area contributed by atoms with Gasteiger partial charge in [-0.1, -0.05) is 56.1 Å². The minimum absolute atomic E-state index is 0.292. The zero-order valence-corrected chi connectivity index (χ0v) is 18.9. The fourth-order valence-electron chi connectivity index (χ4n) is 4.36. The van der Waals surface area contributed by atoms with Crippen molar-refractivity contribution >= 4 is 5.91 Å². The zero-order chi connectivity index (χ0) is 21.6. The maximum Gasteiger partial charge on any atom is 0.241 e. The van der Waals surface area contributed by atoms with Crippen molar-refractivity contribution in [1.82, 2.24) is 24.8 Å². The number of carbonyl (C=O) groups excluding carboxylic acids is 1. The second kappa shape index (κ2) is 10.4. The van der Waals surface area contributed by atoms with Gasteiger partial charge in [-0.25, -0.2) is 0 Å². The summed E-state index contributed by atoms with van der Waals surface area (Å²) < 4.78 is 5.50. The lowest BCUT2D eigenvalue weighted by molar-refractivity contribution is -0.132. The Labute approximate surface area is 185 Å². The number of hydrogen-bond acceptors (Lipinski definition) is 6. The summed E-state index contributed by atoms with van der Waals surface area (Å²) in [6.45, 7) is 11.1.